The van der Waals surface area contributed by atoms with Crippen molar-refractivity contribution in [3.8, 4) is 0 Å². The molecule has 1 fully saturated rings. The number of amides is 1. The minimum Gasteiger partial charge on any atom is -0.381 e. The Bertz CT molecular complexity index is 981. The first-order chi connectivity index (χ1) is 15.1. The summed E-state index contributed by atoms with van der Waals surface area (Å²) in [5.41, 5.74) is 2.83. The van der Waals surface area contributed by atoms with E-state index in [9.17, 15) is 9.18 Å². The number of thiophene rings is 1. The highest BCUT2D eigenvalue weighted by Gasteiger charge is 2.34. The van der Waals surface area contributed by atoms with Gasteiger partial charge >= 0.3 is 0 Å². The molecule has 0 bridgehead atoms. The third-order valence-electron chi connectivity index (χ3n) is 5.87. The molecule has 1 atom stereocenters. The Morgan fingerprint density at radius 3 is 2.45 bits per heavy atom. The molecule has 6 heteroatoms. The summed E-state index contributed by atoms with van der Waals surface area (Å²) in [6.07, 6.45) is 1.47. The monoisotopic (exact) mass is 438 g/mol. The Morgan fingerprint density at radius 2 is 1.81 bits per heavy atom. The number of hydrogen-bond donors (Lipinski definition) is 2. The summed E-state index contributed by atoms with van der Waals surface area (Å²) >= 11 is 1.63. The fourth-order valence-corrected chi connectivity index (χ4v) is 4.85. The maximum atomic E-state index is 13.4. The zero-order valence-corrected chi connectivity index (χ0v) is 18.4. The van der Waals surface area contributed by atoms with Gasteiger partial charge in [-0.15, -0.1) is 11.3 Å². The van der Waals surface area contributed by atoms with Crippen molar-refractivity contribution in [2.75, 3.05) is 19.8 Å². The molecule has 1 aliphatic heterocycles. The maximum absolute atomic E-state index is 13.4. The molecular weight excluding hydrogens is 411 g/mol. The number of benzene rings is 2. The van der Waals surface area contributed by atoms with Crippen LogP contribution in [0.1, 0.15) is 40.5 Å². The molecule has 4 nitrogen and oxygen atoms in total. The number of aryl methyl sites for hydroxylation is 1. The quantitative estimate of drug-likeness (QED) is 0.562. The molecule has 162 valence electrons. The second-order valence-corrected chi connectivity index (χ2v) is 8.96. The Kier molecular flexibility index (Phi) is 6.80. The number of hydrogen-bond acceptors (Lipinski definition) is 4. The lowest BCUT2D eigenvalue weighted by Gasteiger charge is -2.38. The van der Waals surface area contributed by atoms with E-state index in [1.165, 1.54) is 17.7 Å². The van der Waals surface area contributed by atoms with Crippen molar-refractivity contribution >= 4 is 17.2 Å². The number of carbonyl (C=O) groups excluding carboxylic acids is 1. The van der Waals surface area contributed by atoms with E-state index in [0.29, 0.717) is 13.2 Å². The lowest BCUT2D eigenvalue weighted by Crippen LogP contribution is -2.50. The second-order valence-electron chi connectivity index (χ2n) is 7.98. The third-order valence-corrected chi connectivity index (χ3v) is 6.81. The molecule has 2 N–H and O–H groups in total. The first-order valence-corrected chi connectivity index (χ1v) is 11.4. The highest BCUT2D eigenvalue weighted by Crippen LogP contribution is 2.32. The van der Waals surface area contributed by atoms with Gasteiger partial charge < -0.3 is 10.1 Å². The van der Waals surface area contributed by atoms with Crippen molar-refractivity contribution in [3.05, 3.63) is 93.4 Å². The molecule has 1 aromatic heterocycles. The first kappa shape index (κ1) is 21.7. The van der Waals surface area contributed by atoms with E-state index < -0.39 is 5.54 Å². The number of rotatable bonds is 7. The molecule has 2 heterocycles. The SMILES string of the molecule is Cc1ccc(C(NC(=O)CNC2(c3ccc(F)cc3)CCOCC2)c2cccs2)cc1. The van der Waals surface area contributed by atoms with E-state index in [1.54, 1.807) is 23.5 Å². The molecule has 0 saturated carbocycles. The van der Waals surface area contributed by atoms with Gasteiger partial charge in [0, 0.05) is 23.6 Å². The third kappa shape index (κ3) is 5.21. The van der Waals surface area contributed by atoms with Crippen molar-refractivity contribution in [2.24, 2.45) is 0 Å². The van der Waals surface area contributed by atoms with E-state index in [-0.39, 0.29) is 24.3 Å². The van der Waals surface area contributed by atoms with Crippen LogP contribution in [0.4, 0.5) is 4.39 Å². The van der Waals surface area contributed by atoms with Gasteiger partial charge in [-0.25, -0.2) is 4.39 Å². The molecular formula is C25H27FN2O2S. The first-order valence-electron chi connectivity index (χ1n) is 10.5. The smallest absolute Gasteiger partial charge is 0.234 e. The maximum Gasteiger partial charge on any atom is 0.234 e. The Morgan fingerprint density at radius 1 is 1.10 bits per heavy atom. The van der Waals surface area contributed by atoms with E-state index in [1.807, 2.05) is 17.5 Å². The van der Waals surface area contributed by atoms with Gasteiger partial charge in [0.1, 0.15) is 5.82 Å². The largest absolute Gasteiger partial charge is 0.381 e. The summed E-state index contributed by atoms with van der Waals surface area (Å²) in [5, 5.41) is 8.68. The summed E-state index contributed by atoms with van der Waals surface area (Å²) in [7, 11) is 0. The molecule has 0 radical (unpaired) electrons. The van der Waals surface area contributed by atoms with Crippen molar-refractivity contribution < 1.29 is 13.9 Å². The highest BCUT2D eigenvalue weighted by molar-refractivity contribution is 7.10. The molecule has 4 rings (SSSR count). The van der Waals surface area contributed by atoms with Gasteiger partial charge in [0.25, 0.3) is 0 Å². The Hall–Kier alpha value is -2.54. The van der Waals surface area contributed by atoms with Crippen LogP contribution in [0.2, 0.25) is 0 Å². The fourth-order valence-electron chi connectivity index (χ4n) is 4.05. The molecule has 3 aromatic rings. The van der Waals surface area contributed by atoms with Crippen LogP contribution in [0.15, 0.2) is 66.0 Å². The van der Waals surface area contributed by atoms with Gasteiger partial charge in [0.2, 0.25) is 5.91 Å². The van der Waals surface area contributed by atoms with Gasteiger partial charge in [-0.1, -0.05) is 48.0 Å². The van der Waals surface area contributed by atoms with Crippen molar-refractivity contribution in [3.63, 3.8) is 0 Å². The Labute approximate surface area is 186 Å². The molecule has 31 heavy (non-hydrogen) atoms. The zero-order chi connectivity index (χ0) is 21.7. The average molecular weight is 439 g/mol. The van der Waals surface area contributed by atoms with E-state index >= 15 is 0 Å². The molecule has 2 aromatic carbocycles. The fraction of sp³-hybridized carbons (Fsp3) is 0.320. The predicted molar refractivity (Wildman–Crippen MR) is 122 cm³/mol. The summed E-state index contributed by atoms with van der Waals surface area (Å²) in [4.78, 5) is 14.1. The lowest BCUT2D eigenvalue weighted by molar-refractivity contribution is -0.121. The van der Waals surface area contributed by atoms with Crippen LogP contribution < -0.4 is 10.6 Å². The van der Waals surface area contributed by atoms with Gasteiger partial charge in [-0.05, 0) is 54.5 Å². The predicted octanol–water partition coefficient (Wildman–Crippen LogP) is 4.70. The van der Waals surface area contributed by atoms with Crippen LogP contribution in [0.3, 0.4) is 0 Å². The van der Waals surface area contributed by atoms with Crippen LogP contribution >= 0.6 is 11.3 Å². The van der Waals surface area contributed by atoms with Crippen LogP contribution in [0.5, 0.6) is 0 Å². The summed E-state index contributed by atoms with van der Waals surface area (Å²) in [6.45, 7) is 3.43. The molecule has 1 amide bonds. The zero-order valence-electron chi connectivity index (χ0n) is 17.6. The van der Waals surface area contributed by atoms with Gasteiger partial charge in [-0.3, -0.25) is 10.1 Å². The molecule has 1 saturated heterocycles. The average Bonchev–Trinajstić information content (AvgIpc) is 3.33. The standard InChI is InChI=1S/C25H27FN2O2S/c1-18-4-6-19(7-5-18)24(22-3-2-16-31-22)28-23(29)17-27-25(12-14-30-15-13-25)20-8-10-21(26)11-9-20/h2-11,16,24,27H,12-15,17H2,1H3,(H,28,29). The van der Waals surface area contributed by atoms with Crippen LogP contribution in [0, 0.1) is 12.7 Å². The molecule has 1 aliphatic rings. The lowest BCUT2D eigenvalue weighted by atomic mass is 9.82. The minimum atomic E-state index is -0.397. The van der Waals surface area contributed by atoms with Crippen LogP contribution in [-0.4, -0.2) is 25.7 Å². The van der Waals surface area contributed by atoms with Crippen LogP contribution in [-0.2, 0) is 15.1 Å². The van der Waals surface area contributed by atoms with E-state index in [2.05, 4.69) is 41.8 Å². The molecule has 0 spiro atoms. The normalized spacial score (nSPS) is 16.6. The minimum absolute atomic E-state index is 0.0769. The number of ether oxygens (including phenoxy) is 1. The number of halogens is 1. The van der Waals surface area contributed by atoms with Gasteiger partial charge in [0.15, 0.2) is 0 Å². The highest BCUT2D eigenvalue weighted by atomic mass is 32.1. The topological polar surface area (TPSA) is 50.4 Å². The summed E-state index contributed by atoms with van der Waals surface area (Å²) in [6, 6.07) is 18.6. The Balaban J connectivity index is 1.49. The number of carbonyl (C=O) groups is 1. The van der Waals surface area contributed by atoms with Crippen molar-refractivity contribution in [1.82, 2.24) is 10.6 Å². The van der Waals surface area contributed by atoms with Gasteiger partial charge in [0.05, 0.1) is 12.6 Å². The second kappa shape index (κ2) is 9.73. The molecule has 0 aliphatic carbocycles. The van der Waals surface area contributed by atoms with Crippen molar-refractivity contribution in [2.45, 2.75) is 31.3 Å². The van der Waals surface area contributed by atoms with E-state index in [4.69, 9.17) is 4.74 Å². The van der Waals surface area contributed by atoms with Gasteiger partial charge in [-0.2, -0.15) is 0 Å². The van der Waals surface area contributed by atoms with E-state index in [0.717, 1.165) is 28.8 Å². The van der Waals surface area contributed by atoms with Crippen molar-refractivity contribution in [1.29, 1.82) is 0 Å². The van der Waals surface area contributed by atoms with Crippen LogP contribution in [0.25, 0.3) is 0 Å². The number of nitrogens with one attached hydrogen (secondary N) is 2. The summed E-state index contributed by atoms with van der Waals surface area (Å²) in [5.74, 6) is -0.340. The molecule has 1 unspecified atom stereocenters. The summed E-state index contributed by atoms with van der Waals surface area (Å²) < 4.78 is 19.0.